The van der Waals surface area contributed by atoms with Gasteiger partial charge in [-0.25, -0.2) is 0 Å². The van der Waals surface area contributed by atoms with Crippen LogP contribution in [0, 0.1) is 28.6 Å². The summed E-state index contributed by atoms with van der Waals surface area (Å²) in [6.45, 7) is 11.0. The Hall–Kier alpha value is -1.09. The minimum Gasteiger partial charge on any atom is -0.393 e. The molecule has 0 aromatic carbocycles. The zero-order valence-corrected chi connectivity index (χ0v) is 17.6. The minimum absolute atomic E-state index is 0.147. The van der Waals surface area contributed by atoms with Gasteiger partial charge in [-0.05, 0) is 82.0 Å². The fourth-order valence-corrected chi connectivity index (χ4v) is 7.05. The smallest absolute Gasteiger partial charge is 0.166 e. The molecule has 6 atom stereocenters. The number of aliphatic hydroxyl groups is 1. The van der Waals surface area contributed by atoms with E-state index in [1.807, 2.05) is 0 Å². The van der Waals surface area contributed by atoms with Gasteiger partial charge in [0.25, 0.3) is 0 Å². The average Bonchev–Trinajstić information content (AvgIpc) is 2.91. The van der Waals surface area contributed by atoms with Gasteiger partial charge < -0.3 is 10.0 Å². The number of ketones is 1. The predicted octanol–water partition coefficient (Wildman–Crippen LogP) is 4.71. The van der Waals surface area contributed by atoms with Crippen LogP contribution in [0.3, 0.4) is 0 Å². The topological polar surface area (TPSA) is 40.5 Å². The van der Waals surface area contributed by atoms with Crippen LogP contribution in [0.2, 0.25) is 0 Å². The van der Waals surface area contributed by atoms with Crippen molar-refractivity contribution in [3.8, 4) is 0 Å². The van der Waals surface area contributed by atoms with Gasteiger partial charge in [-0.1, -0.05) is 25.5 Å². The molecule has 0 unspecified atom stereocenters. The van der Waals surface area contributed by atoms with Crippen molar-refractivity contribution in [2.24, 2.45) is 28.6 Å². The van der Waals surface area contributed by atoms with E-state index < -0.39 is 0 Å². The molecule has 0 heterocycles. The van der Waals surface area contributed by atoms with Gasteiger partial charge in [0.2, 0.25) is 0 Å². The van der Waals surface area contributed by atoms with Crippen molar-refractivity contribution in [3.05, 3.63) is 23.4 Å². The van der Waals surface area contributed by atoms with Crippen molar-refractivity contribution >= 4 is 5.78 Å². The molecule has 0 aromatic rings. The van der Waals surface area contributed by atoms with Crippen LogP contribution in [0.5, 0.6) is 0 Å². The lowest BCUT2D eigenvalue weighted by Gasteiger charge is -2.56. The second-order valence-electron chi connectivity index (χ2n) is 10.0. The Morgan fingerprint density at radius 2 is 1.81 bits per heavy atom. The lowest BCUT2D eigenvalue weighted by molar-refractivity contribution is -0.130. The van der Waals surface area contributed by atoms with Crippen LogP contribution in [0.4, 0.5) is 0 Å². The zero-order chi connectivity index (χ0) is 19.4. The number of hydrogen-bond donors (Lipinski definition) is 1. The van der Waals surface area contributed by atoms with Crippen molar-refractivity contribution in [1.29, 1.82) is 0 Å². The number of nitrogens with zero attached hydrogens (tertiary/aromatic N) is 1. The minimum atomic E-state index is -0.157. The molecule has 0 radical (unpaired) electrons. The van der Waals surface area contributed by atoms with E-state index in [1.54, 1.807) is 0 Å². The van der Waals surface area contributed by atoms with Gasteiger partial charge in [0.15, 0.2) is 5.78 Å². The van der Waals surface area contributed by atoms with Crippen molar-refractivity contribution in [3.63, 3.8) is 0 Å². The van der Waals surface area contributed by atoms with Crippen LogP contribution in [0.1, 0.15) is 72.6 Å². The average molecular weight is 372 g/mol. The summed E-state index contributed by atoms with van der Waals surface area (Å²) in [6, 6.07) is 0. The normalized spacial score (nSPS) is 45.1. The monoisotopic (exact) mass is 371 g/mol. The standard InChI is InChI=1S/C24H37NO2/c1-5-25(6-2)15-16-13-21-19-8-7-17-14-18(26)9-11-23(17,3)20(19)10-12-24(21,4)22(16)27/h7,15,18-21,26H,5-6,8-14H2,1-4H3/b16-15-/t18-,19-,20+,21+,23+,24+/m1/s1. The van der Waals surface area contributed by atoms with Gasteiger partial charge in [0, 0.05) is 30.3 Å². The Balaban J connectivity index is 1.65. The van der Waals surface area contributed by atoms with E-state index in [4.69, 9.17) is 0 Å². The molecule has 3 heteroatoms. The van der Waals surface area contributed by atoms with Gasteiger partial charge in [-0.2, -0.15) is 0 Å². The van der Waals surface area contributed by atoms with E-state index in [0.29, 0.717) is 23.5 Å². The summed E-state index contributed by atoms with van der Waals surface area (Å²) < 4.78 is 0. The van der Waals surface area contributed by atoms with Crippen molar-refractivity contribution in [2.45, 2.75) is 78.7 Å². The highest BCUT2D eigenvalue weighted by Gasteiger charge is 2.59. The van der Waals surface area contributed by atoms with E-state index in [9.17, 15) is 9.90 Å². The summed E-state index contributed by atoms with van der Waals surface area (Å²) in [4.78, 5) is 15.6. The van der Waals surface area contributed by atoms with Crippen LogP contribution < -0.4 is 0 Å². The van der Waals surface area contributed by atoms with E-state index in [2.05, 4.69) is 44.9 Å². The fourth-order valence-electron chi connectivity index (χ4n) is 7.05. The molecule has 4 aliphatic carbocycles. The maximum Gasteiger partial charge on any atom is 0.166 e. The maximum atomic E-state index is 13.4. The molecule has 4 aliphatic rings. The first-order chi connectivity index (χ1) is 12.8. The summed E-state index contributed by atoms with van der Waals surface area (Å²) in [7, 11) is 0. The molecular weight excluding hydrogens is 334 g/mol. The van der Waals surface area contributed by atoms with E-state index >= 15 is 0 Å². The molecule has 3 fully saturated rings. The molecule has 0 saturated heterocycles. The van der Waals surface area contributed by atoms with Crippen molar-refractivity contribution in [1.82, 2.24) is 4.90 Å². The first-order valence-corrected chi connectivity index (χ1v) is 11.2. The number of aliphatic hydroxyl groups excluding tert-OH is 1. The molecule has 0 amide bonds. The second kappa shape index (κ2) is 6.76. The molecule has 3 nitrogen and oxygen atoms in total. The molecule has 0 aromatic heterocycles. The fraction of sp³-hybridized carbons (Fsp3) is 0.792. The Morgan fingerprint density at radius 1 is 1.11 bits per heavy atom. The summed E-state index contributed by atoms with van der Waals surface area (Å²) in [5, 5.41) is 10.2. The third-order valence-electron chi connectivity index (χ3n) is 8.87. The van der Waals surface area contributed by atoms with Crippen molar-refractivity contribution < 1.29 is 9.90 Å². The van der Waals surface area contributed by atoms with Crippen LogP contribution in [-0.4, -0.2) is 35.0 Å². The maximum absolute atomic E-state index is 13.4. The summed E-state index contributed by atoms with van der Waals surface area (Å²) >= 11 is 0. The number of Topliss-reactive ketones (excluding diaryl/α,β-unsaturated/α-hetero) is 1. The summed E-state index contributed by atoms with van der Waals surface area (Å²) in [5.74, 6) is 2.23. The lowest BCUT2D eigenvalue weighted by atomic mass is 9.48. The number of carbonyl (C=O) groups excluding carboxylic acids is 1. The van der Waals surface area contributed by atoms with E-state index in [1.165, 1.54) is 12.0 Å². The number of hydrogen-bond acceptors (Lipinski definition) is 3. The van der Waals surface area contributed by atoms with Crippen molar-refractivity contribution in [2.75, 3.05) is 13.1 Å². The molecule has 27 heavy (non-hydrogen) atoms. The third kappa shape index (κ3) is 2.84. The third-order valence-corrected chi connectivity index (χ3v) is 8.87. The van der Waals surface area contributed by atoms with Gasteiger partial charge in [-0.3, -0.25) is 4.79 Å². The summed E-state index contributed by atoms with van der Waals surface area (Å²) in [5.41, 5.74) is 2.67. The number of rotatable bonds is 3. The SMILES string of the molecule is CCN(/C=C1/C[C@H]2[C@@H]3CC=C4C[C@H](O)CC[C@]4(C)[C@H]3CC[C@]2(C)C1=O)CC. The van der Waals surface area contributed by atoms with E-state index in [0.717, 1.165) is 57.2 Å². The molecule has 150 valence electrons. The van der Waals surface area contributed by atoms with Gasteiger partial charge in [-0.15, -0.1) is 0 Å². The number of allylic oxidation sites excluding steroid dienone is 2. The molecule has 1 N–H and O–H groups in total. The highest BCUT2D eigenvalue weighted by molar-refractivity contribution is 6.02. The van der Waals surface area contributed by atoms with Gasteiger partial charge >= 0.3 is 0 Å². The lowest BCUT2D eigenvalue weighted by Crippen LogP contribution is -2.50. The molecule has 3 saturated carbocycles. The number of carbonyl (C=O) groups is 1. The Bertz CT molecular complexity index is 676. The molecule has 4 rings (SSSR count). The zero-order valence-electron chi connectivity index (χ0n) is 17.6. The summed E-state index contributed by atoms with van der Waals surface area (Å²) in [6.07, 6.45) is 11.7. The Labute approximate surface area is 164 Å². The van der Waals surface area contributed by atoms with E-state index in [-0.39, 0.29) is 16.9 Å². The molecule has 0 spiro atoms. The van der Waals surface area contributed by atoms with Crippen LogP contribution in [0.15, 0.2) is 23.4 Å². The quantitative estimate of drug-likeness (QED) is 0.577. The Kier molecular flexibility index (Phi) is 4.81. The molecule has 0 aliphatic heterocycles. The molecular formula is C24H37NO2. The molecule has 0 bridgehead atoms. The Morgan fingerprint density at radius 3 is 2.52 bits per heavy atom. The van der Waals surface area contributed by atoms with Crippen LogP contribution in [-0.2, 0) is 4.79 Å². The highest BCUT2D eigenvalue weighted by Crippen LogP contribution is 2.64. The highest BCUT2D eigenvalue weighted by atomic mass is 16.3. The van der Waals surface area contributed by atoms with Gasteiger partial charge in [0.05, 0.1) is 6.10 Å². The largest absolute Gasteiger partial charge is 0.393 e. The van der Waals surface area contributed by atoms with Crippen LogP contribution >= 0.6 is 0 Å². The van der Waals surface area contributed by atoms with Gasteiger partial charge in [0.1, 0.15) is 0 Å². The first-order valence-electron chi connectivity index (χ1n) is 11.2. The second-order valence-corrected chi connectivity index (χ2v) is 10.0. The first kappa shape index (κ1) is 19.2. The predicted molar refractivity (Wildman–Crippen MR) is 109 cm³/mol. The van der Waals surface area contributed by atoms with Crippen LogP contribution in [0.25, 0.3) is 0 Å². The number of fused-ring (bicyclic) bond motifs is 5.